The summed E-state index contributed by atoms with van der Waals surface area (Å²) < 4.78 is 4.75. The quantitative estimate of drug-likeness (QED) is 0.634. The van der Waals surface area contributed by atoms with Gasteiger partial charge in [-0.25, -0.2) is 4.79 Å². The number of carbonyl (C=O) groups is 1. The third kappa shape index (κ3) is 2.16. The predicted molar refractivity (Wildman–Crippen MR) is 51.6 cm³/mol. The molecule has 0 aliphatic carbocycles. The molecule has 7 heteroatoms. The number of aromatic carboxylic acids is 1. The van der Waals surface area contributed by atoms with Crippen LogP contribution in [0.2, 0.25) is 5.02 Å². The predicted octanol–water partition coefficient (Wildman–Crippen LogP) is 1.96. The molecular weight excluding hydrogens is 226 g/mol. The van der Waals surface area contributed by atoms with Crippen LogP contribution in [0.5, 0.6) is 5.75 Å². The van der Waals surface area contributed by atoms with Gasteiger partial charge in [-0.3, -0.25) is 10.1 Å². The average molecular weight is 232 g/mol. The Morgan fingerprint density at radius 1 is 1.60 bits per heavy atom. The summed E-state index contributed by atoms with van der Waals surface area (Å²) in [6.45, 7) is 0. The van der Waals surface area contributed by atoms with Crippen LogP contribution in [0.15, 0.2) is 12.1 Å². The van der Waals surface area contributed by atoms with Gasteiger partial charge in [-0.05, 0) is 0 Å². The molecule has 0 amide bonds. The van der Waals surface area contributed by atoms with Crippen molar-refractivity contribution in [2.75, 3.05) is 7.11 Å². The largest absolute Gasteiger partial charge is 0.497 e. The minimum atomic E-state index is -1.43. The Labute approximate surface area is 89.2 Å². The summed E-state index contributed by atoms with van der Waals surface area (Å²) in [5.41, 5.74) is -1.13. The Bertz CT molecular complexity index is 431. The first kappa shape index (κ1) is 11.3. The van der Waals surface area contributed by atoms with Crippen LogP contribution in [0.4, 0.5) is 5.69 Å². The Hall–Kier alpha value is -1.82. The van der Waals surface area contributed by atoms with Gasteiger partial charge >= 0.3 is 11.7 Å². The van der Waals surface area contributed by atoms with Crippen molar-refractivity contribution >= 4 is 23.3 Å². The lowest BCUT2D eigenvalue weighted by Crippen LogP contribution is -2.03. The minimum Gasteiger partial charge on any atom is -0.497 e. The zero-order valence-electron chi connectivity index (χ0n) is 7.56. The van der Waals surface area contributed by atoms with Gasteiger partial charge in [0, 0.05) is 12.1 Å². The van der Waals surface area contributed by atoms with Gasteiger partial charge in [-0.2, -0.15) is 0 Å². The Morgan fingerprint density at radius 3 is 2.60 bits per heavy atom. The van der Waals surface area contributed by atoms with Crippen molar-refractivity contribution in [3.8, 4) is 5.75 Å². The van der Waals surface area contributed by atoms with Crippen molar-refractivity contribution in [3.63, 3.8) is 0 Å². The fraction of sp³-hybridized carbons (Fsp3) is 0.125. The van der Waals surface area contributed by atoms with Gasteiger partial charge in [-0.1, -0.05) is 11.6 Å². The number of hydrogen-bond acceptors (Lipinski definition) is 4. The summed E-state index contributed by atoms with van der Waals surface area (Å²) in [6.07, 6.45) is 0. The number of rotatable bonds is 3. The molecule has 6 nitrogen and oxygen atoms in total. The van der Waals surface area contributed by atoms with Gasteiger partial charge in [-0.15, -0.1) is 0 Å². The number of hydrogen-bond donors (Lipinski definition) is 1. The Kier molecular flexibility index (Phi) is 3.11. The molecule has 0 unspecified atom stereocenters. The van der Waals surface area contributed by atoms with Gasteiger partial charge < -0.3 is 9.84 Å². The maximum absolute atomic E-state index is 10.7. The van der Waals surface area contributed by atoms with Crippen molar-refractivity contribution in [3.05, 3.63) is 32.8 Å². The molecule has 0 aromatic heterocycles. The molecule has 0 radical (unpaired) electrons. The summed E-state index contributed by atoms with van der Waals surface area (Å²) in [5, 5.41) is 19.0. The van der Waals surface area contributed by atoms with Gasteiger partial charge in [0.15, 0.2) is 0 Å². The lowest BCUT2D eigenvalue weighted by Gasteiger charge is -2.04. The Balaban J connectivity index is 3.49. The maximum atomic E-state index is 10.7. The van der Waals surface area contributed by atoms with Crippen LogP contribution < -0.4 is 4.74 Å². The first-order chi connectivity index (χ1) is 6.97. The van der Waals surface area contributed by atoms with Crippen molar-refractivity contribution in [1.29, 1.82) is 0 Å². The third-order valence-corrected chi connectivity index (χ3v) is 1.97. The lowest BCUT2D eigenvalue weighted by atomic mass is 10.1. The van der Waals surface area contributed by atoms with Crippen LogP contribution in [0.3, 0.4) is 0 Å². The minimum absolute atomic E-state index is 0.156. The van der Waals surface area contributed by atoms with E-state index in [0.717, 1.165) is 6.07 Å². The molecule has 0 heterocycles. The van der Waals surface area contributed by atoms with Crippen LogP contribution in [-0.2, 0) is 0 Å². The summed E-state index contributed by atoms with van der Waals surface area (Å²) in [5.74, 6) is -1.27. The highest BCUT2D eigenvalue weighted by Crippen LogP contribution is 2.32. The molecule has 80 valence electrons. The molecule has 0 bridgehead atoms. The molecule has 0 aliphatic rings. The molecule has 0 atom stereocenters. The van der Waals surface area contributed by atoms with E-state index >= 15 is 0 Å². The highest BCUT2D eigenvalue weighted by atomic mass is 35.5. The van der Waals surface area contributed by atoms with E-state index < -0.39 is 22.1 Å². The van der Waals surface area contributed by atoms with Crippen molar-refractivity contribution in [2.24, 2.45) is 0 Å². The summed E-state index contributed by atoms with van der Waals surface area (Å²) >= 11 is 5.57. The Morgan fingerprint density at radius 2 is 2.20 bits per heavy atom. The second-order valence-corrected chi connectivity index (χ2v) is 2.97. The molecule has 0 spiro atoms. The summed E-state index contributed by atoms with van der Waals surface area (Å²) in [4.78, 5) is 20.4. The number of nitro benzene ring substituents is 1. The van der Waals surface area contributed by atoms with Crippen LogP contribution in [0, 0.1) is 10.1 Å². The molecular formula is C8H6ClNO5. The molecule has 1 aromatic rings. The fourth-order valence-corrected chi connectivity index (χ4v) is 1.32. The molecule has 0 saturated heterocycles. The number of halogens is 1. The molecule has 0 aliphatic heterocycles. The summed E-state index contributed by atoms with van der Waals surface area (Å²) in [6, 6.07) is 2.23. The van der Waals surface area contributed by atoms with Crippen molar-refractivity contribution < 1.29 is 19.6 Å². The van der Waals surface area contributed by atoms with E-state index in [1.807, 2.05) is 0 Å². The average Bonchev–Trinajstić information content (AvgIpc) is 2.15. The monoisotopic (exact) mass is 231 g/mol. The van der Waals surface area contributed by atoms with E-state index in [2.05, 4.69) is 0 Å². The third-order valence-electron chi connectivity index (χ3n) is 1.69. The molecule has 0 fully saturated rings. The lowest BCUT2D eigenvalue weighted by molar-refractivity contribution is -0.385. The molecule has 15 heavy (non-hydrogen) atoms. The zero-order valence-corrected chi connectivity index (χ0v) is 8.32. The van der Waals surface area contributed by atoms with Crippen molar-refractivity contribution in [2.45, 2.75) is 0 Å². The highest BCUT2D eigenvalue weighted by Gasteiger charge is 2.25. The number of nitrogens with zero attached hydrogens (tertiary/aromatic N) is 1. The summed E-state index contributed by atoms with van der Waals surface area (Å²) in [7, 11) is 1.31. The standard InChI is InChI=1S/C8H6ClNO5/c1-15-4-2-5(8(11)12)7(10(13)14)6(9)3-4/h2-3H,1H3,(H,11,12). The van der Waals surface area contributed by atoms with Gasteiger partial charge in [0.1, 0.15) is 16.3 Å². The van der Waals surface area contributed by atoms with Crippen molar-refractivity contribution in [1.82, 2.24) is 0 Å². The maximum Gasteiger partial charge on any atom is 0.342 e. The molecule has 1 aromatic carbocycles. The zero-order chi connectivity index (χ0) is 11.6. The van der Waals surface area contributed by atoms with Crippen LogP contribution in [0.25, 0.3) is 0 Å². The van der Waals surface area contributed by atoms with E-state index in [1.54, 1.807) is 0 Å². The molecule has 0 saturated carbocycles. The first-order valence-corrected chi connectivity index (χ1v) is 4.10. The van der Waals surface area contributed by atoms with Gasteiger partial charge in [0.25, 0.3) is 0 Å². The van der Waals surface area contributed by atoms with Gasteiger partial charge in [0.2, 0.25) is 0 Å². The van der Waals surface area contributed by atoms with E-state index in [0.29, 0.717) is 0 Å². The second kappa shape index (κ2) is 4.14. The van der Waals surface area contributed by atoms with Crippen LogP contribution >= 0.6 is 11.6 Å². The van der Waals surface area contributed by atoms with E-state index in [1.165, 1.54) is 13.2 Å². The molecule has 1 N–H and O–H groups in total. The number of carboxylic acids is 1. The van der Waals surface area contributed by atoms with Crippen LogP contribution in [-0.4, -0.2) is 23.1 Å². The topological polar surface area (TPSA) is 89.7 Å². The van der Waals surface area contributed by atoms with E-state index in [4.69, 9.17) is 21.4 Å². The van der Waals surface area contributed by atoms with Crippen LogP contribution in [0.1, 0.15) is 10.4 Å². The molecule has 1 rings (SSSR count). The fourth-order valence-electron chi connectivity index (χ4n) is 1.04. The highest BCUT2D eigenvalue weighted by molar-refractivity contribution is 6.33. The number of ether oxygens (including phenoxy) is 1. The SMILES string of the molecule is COc1cc(Cl)c([N+](=O)[O-])c(C(=O)O)c1. The van der Waals surface area contributed by atoms with E-state index in [-0.39, 0.29) is 10.8 Å². The number of nitro groups is 1. The van der Waals surface area contributed by atoms with Gasteiger partial charge in [0.05, 0.1) is 12.0 Å². The second-order valence-electron chi connectivity index (χ2n) is 2.57. The number of benzene rings is 1. The number of carboxylic acid groups (broad SMARTS) is 1. The number of methoxy groups -OCH3 is 1. The smallest absolute Gasteiger partial charge is 0.342 e. The first-order valence-electron chi connectivity index (χ1n) is 3.72. The normalized spacial score (nSPS) is 9.73. The van der Waals surface area contributed by atoms with E-state index in [9.17, 15) is 14.9 Å².